The molecule has 0 bridgehead atoms. The Hall–Kier alpha value is -1.02. The van der Waals surface area contributed by atoms with Crippen LogP contribution in [0, 0.1) is 0 Å². The highest BCUT2D eigenvalue weighted by Gasteiger charge is 2.15. The van der Waals surface area contributed by atoms with E-state index >= 15 is 0 Å². The van der Waals surface area contributed by atoms with Crippen molar-refractivity contribution in [3.8, 4) is 0 Å². The summed E-state index contributed by atoms with van der Waals surface area (Å²) in [5, 5.41) is 0.718. The molecule has 2 nitrogen and oxygen atoms in total. The number of halogens is 1. The zero-order chi connectivity index (χ0) is 11.4. The summed E-state index contributed by atoms with van der Waals surface area (Å²) in [4.78, 5) is 13.2. The van der Waals surface area contributed by atoms with Gasteiger partial charge in [-0.25, -0.2) is 0 Å². The quantitative estimate of drug-likeness (QED) is 0.773. The third kappa shape index (κ3) is 2.96. The molecular formula is C12H16ClNO. The first-order valence-electron chi connectivity index (χ1n) is 5.07. The molecule has 0 heterocycles. The van der Waals surface area contributed by atoms with Crippen molar-refractivity contribution in [2.24, 2.45) is 0 Å². The number of benzene rings is 1. The van der Waals surface area contributed by atoms with E-state index in [2.05, 4.69) is 0 Å². The van der Waals surface area contributed by atoms with Gasteiger partial charge in [0.2, 0.25) is 5.91 Å². The third-order valence-electron chi connectivity index (χ3n) is 2.63. The highest BCUT2D eigenvalue weighted by Crippen LogP contribution is 2.21. The standard InChI is InChI=1S/C12H16ClNO/c1-4-12(15)14(3)9(2)10-5-7-11(13)8-6-10/h5-9H,4H2,1-3H3. The van der Waals surface area contributed by atoms with Crippen molar-refractivity contribution < 1.29 is 4.79 Å². The molecule has 0 aliphatic rings. The molecule has 1 amide bonds. The van der Waals surface area contributed by atoms with Crippen molar-refractivity contribution in [2.75, 3.05) is 7.05 Å². The summed E-state index contributed by atoms with van der Waals surface area (Å²) in [5.74, 6) is 0.150. The van der Waals surface area contributed by atoms with Crippen molar-refractivity contribution in [1.29, 1.82) is 0 Å². The minimum Gasteiger partial charge on any atom is -0.339 e. The second kappa shape index (κ2) is 5.17. The number of rotatable bonds is 3. The van der Waals surface area contributed by atoms with Gasteiger partial charge in [-0.2, -0.15) is 0 Å². The smallest absolute Gasteiger partial charge is 0.222 e. The van der Waals surface area contributed by atoms with Crippen LogP contribution in [0.5, 0.6) is 0 Å². The molecule has 0 aromatic heterocycles. The molecule has 1 aromatic rings. The first-order valence-corrected chi connectivity index (χ1v) is 5.45. The number of nitrogens with zero attached hydrogens (tertiary/aromatic N) is 1. The molecule has 0 aliphatic heterocycles. The van der Waals surface area contributed by atoms with Crippen LogP contribution in [0.1, 0.15) is 31.9 Å². The second-order valence-corrected chi connectivity index (χ2v) is 4.02. The van der Waals surface area contributed by atoms with E-state index in [-0.39, 0.29) is 11.9 Å². The fourth-order valence-electron chi connectivity index (χ4n) is 1.43. The van der Waals surface area contributed by atoms with Crippen molar-refractivity contribution in [2.45, 2.75) is 26.3 Å². The Balaban J connectivity index is 2.80. The summed E-state index contributed by atoms with van der Waals surface area (Å²) in [6.07, 6.45) is 0.536. The van der Waals surface area contributed by atoms with Crippen LogP contribution in [0.4, 0.5) is 0 Å². The molecule has 1 unspecified atom stereocenters. The molecule has 0 saturated carbocycles. The number of hydrogen-bond donors (Lipinski definition) is 0. The first kappa shape index (κ1) is 12.1. The van der Waals surface area contributed by atoms with E-state index in [9.17, 15) is 4.79 Å². The summed E-state index contributed by atoms with van der Waals surface area (Å²) < 4.78 is 0. The zero-order valence-corrected chi connectivity index (χ0v) is 10.1. The Bertz CT molecular complexity index is 334. The minimum atomic E-state index is 0.0923. The van der Waals surface area contributed by atoms with Crippen molar-refractivity contribution >= 4 is 17.5 Å². The zero-order valence-electron chi connectivity index (χ0n) is 9.33. The van der Waals surface area contributed by atoms with Crippen LogP contribution in [0.25, 0.3) is 0 Å². The molecule has 1 atom stereocenters. The van der Waals surface area contributed by atoms with Gasteiger partial charge in [-0.1, -0.05) is 30.7 Å². The number of amides is 1. The maximum atomic E-state index is 11.5. The Labute approximate surface area is 95.8 Å². The lowest BCUT2D eigenvalue weighted by molar-refractivity contribution is -0.131. The summed E-state index contributed by atoms with van der Waals surface area (Å²) in [5.41, 5.74) is 1.10. The molecule has 0 N–H and O–H groups in total. The van der Waals surface area contributed by atoms with Crippen LogP contribution >= 0.6 is 11.6 Å². The van der Waals surface area contributed by atoms with Gasteiger partial charge in [0.05, 0.1) is 6.04 Å². The Morgan fingerprint density at radius 3 is 2.40 bits per heavy atom. The summed E-state index contributed by atoms with van der Waals surface area (Å²) in [6.45, 7) is 3.88. The molecule has 0 radical (unpaired) electrons. The van der Waals surface area contributed by atoms with Crippen molar-refractivity contribution in [3.05, 3.63) is 34.9 Å². The highest BCUT2D eigenvalue weighted by atomic mass is 35.5. The molecule has 1 aromatic carbocycles. The van der Waals surface area contributed by atoms with Gasteiger partial charge in [0, 0.05) is 18.5 Å². The maximum absolute atomic E-state index is 11.5. The fourth-order valence-corrected chi connectivity index (χ4v) is 1.56. The molecule has 15 heavy (non-hydrogen) atoms. The second-order valence-electron chi connectivity index (χ2n) is 3.59. The van der Waals surface area contributed by atoms with Gasteiger partial charge in [0.15, 0.2) is 0 Å². The van der Waals surface area contributed by atoms with Crippen molar-refractivity contribution in [1.82, 2.24) is 4.90 Å². The number of carbonyl (C=O) groups is 1. The fraction of sp³-hybridized carbons (Fsp3) is 0.417. The molecule has 0 saturated heterocycles. The topological polar surface area (TPSA) is 20.3 Å². The lowest BCUT2D eigenvalue weighted by Gasteiger charge is -2.25. The molecule has 3 heteroatoms. The molecule has 0 aliphatic carbocycles. The Morgan fingerprint density at radius 2 is 1.93 bits per heavy atom. The molecular weight excluding hydrogens is 210 g/mol. The maximum Gasteiger partial charge on any atom is 0.222 e. The predicted octanol–water partition coefficient (Wildman–Crippen LogP) is 3.27. The SMILES string of the molecule is CCC(=O)N(C)C(C)c1ccc(Cl)cc1. The van der Waals surface area contributed by atoms with Crippen LogP contribution in [0.15, 0.2) is 24.3 Å². The van der Waals surface area contributed by atoms with Crippen LogP contribution in [0.2, 0.25) is 5.02 Å². The molecule has 1 rings (SSSR count). The van der Waals surface area contributed by atoms with E-state index in [1.165, 1.54) is 0 Å². The van der Waals surface area contributed by atoms with Crippen LogP contribution in [0.3, 0.4) is 0 Å². The Kier molecular flexibility index (Phi) is 4.15. The van der Waals surface area contributed by atoms with Crippen LogP contribution in [-0.2, 0) is 4.79 Å². The number of hydrogen-bond acceptors (Lipinski definition) is 1. The summed E-state index contributed by atoms with van der Waals surface area (Å²) in [6, 6.07) is 7.68. The van der Waals surface area contributed by atoms with E-state index < -0.39 is 0 Å². The van der Waals surface area contributed by atoms with E-state index in [0.717, 1.165) is 10.6 Å². The summed E-state index contributed by atoms with van der Waals surface area (Å²) in [7, 11) is 1.82. The van der Waals surface area contributed by atoms with Gasteiger partial charge in [0.25, 0.3) is 0 Å². The van der Waals surface area contributed by atoms with E-state index in [4.69, 9.17) is 11.6 Å². The van der Waals surface area contributed by atoms with Crippen LogP contribution in [-0.4, -0.2) is 17.9 Å². The largest absolute Gasteiger partial charge is 0.339 e. The monoisotopic (exact) mass is 225 g/mol. The van der Waals surface area contributed by atoms with E-state index in [0.29, 0.717) is 6.42 Å². The molecule has 0 spiro atoms. The first-order chi connectivity index (χ1) is 7.06. The van der Waals surface area contributed by atoms with Gasteiger partial charge in [-0.15, -0.1) is 0 Å². The van der Waals surface area contributed by atoms with Crippen molar-refractivity contribution in [3.63, 3.8) is 0 Å². The van der Waals surface area contributed by atoms with Gasteiger partial charge < -0.3 is 4.90 Å². The third-order valence-corrected chi connectivity index (χ3v) is 2.88. The highest BCUT2D eigenvalue weighted by molar-refractivity contribution is 6.30. The Morgan fingerprint density at radius 1 is 1.40 bits per heavy atom. The van der Waals surface area contributed by atoms with E-state index in [1.54, 1.807) is 4.90 Å². The molecule has 0 fully saturated rings. The normalized spacial score (nSPS) is 12.3. The summed E-state index contributed by atoms with van der Waals surface area (Å²) >= 11 is 5.81. The lowest BCUT2D eigenvalue weighted by Crippen LogP contribution is -2.28. The van der Waals surface area contributed by atoms with Crippen LogP contribution < -0.4 is 0 Å². The van der Waals surface area contributed by atoms with Gasteiger partial charge in [0.1, 0.15) is 0 Å². The predicted molar refractivity (Wildman–Crippen MR) is 62.9 cm³/mol. The van der Waals surface area contributed by atoms with E-state index in [1.807, 2.05) is 45.2 Å². The minimum absolute atomic E-state index is 0.0923. The van der Waals surface area contributed by atoms with Gasteiger partial charge in [-0.05, 0) is 24.6 Å². The lowest BCUT2D eigenvalue weighted by atomic mass is 10.1. The average Bonchev–Trinajstić information content (AvgIpc) is 2.27. The number of carbonyl (C=O) groups excluding carboxylic acids is 1. The van der Waals surface area contributed by atoms with Gasteiger partial charge in [-0.3, -0.25) is 4.79 Å². The average molecular weight is 226 g/mol. The van der Waals surface area contributed by atoms with Gasteiger partial charge >= 0.3 is 0 Å². The molecule has 82 valence electrons.